The van der Waals surface area contributed by atoms with Crippen molar-refractivity contribution in [3.63, 3.8) is 0 Å². The minimum Gasteiger partial charge on any atom is -0.497 e. The first-order valence-electron chi connectivity index (χ1n) is 9.67. The molecule has 0 aliphatic carbocycles. The van der Waals surface area contributed by atoms with E-state index in [1.165, 1.54) is 24.3 Å². The lowest BCUT2D eigenvalue weighted by molar-refractivity contribution is -0.134. The zero-order chi connectivity index (χ0) is 22.4. The fourth-order valence-electron chi connectivity index (χ4n) is 3.23. The molecule has 1 saturated heterocycles. The summed E-state index contributed by atoms with van der Waals surface area (Å²) in [5, 5.41) is 0. The molecule has 0 spiro atoms. The zero-order valence-electron chi connectivity index (χ0n) is 17.4. The number of hydrogen-bond donors (Lipinski definition) is 1. The molecule has 1 amide bonds. The van der Waals surface area contributed by atoms with E-state index in [4.69, 9.17) is 9.47 Å². The number of methoxy groups -OCH3 is 1. The average Bonchev–Trinajstić information content (AvgIpc) is 2.76. The van der Waals surface area contributed by atoms with Crippen LogP contribution in [0, 0.1) is 0 Å². The summed E-state index contributed by atoms with van der Waals surface area (Å²) in [7, 11) is -1.84. The van der Waals surface area contributed by atoms with Crippen LogP contribution in [0.2, 0.25) is 0 Å². The average molecular weight is 448 g/mol. The van der Waals surface area contributed by atoms with Gasteiger partial charge in [0.15, 0.2) is 6.61 Å². The summed E-state index contributed by atoms with van der Waals surface area (Å²) < 4.78 is 35.2. The lowest BCUT2D eigenvalue weighted by Gasteiger charge is -2.36. The van der Waals surface area contributed by atoms with E-state index in [0.29, 0.717) is 26.2 Å². The predicted molar refractivity (Wildman–Crippen MR) is 117 cm³/mol. The topological polar surface area (TPSA) is 105 Å². The minimum absolute atomic E-state index is 0.158. The predicted octanol–water partition coefficient (Wildman–Crippen LogP) is 1.57. The monoisotopic (exact) mass is 447 g/mol. The highest BCUT2D eigenvalue weighted by Crippen LogP contribution is 2.20. The molecule has 0 aromatic heterocycles. The van der Waals surface area contributed by atoms with Crippen LogP contribution in [-0.4, -0.2) is 71.3 Å². The third-order valence-corrected chi connectivity index (χ3v) is 5.40. The number of sulfonamides is 1. The Labute approximate surface area is 181 Å². The Balaban J connectivity index is 1.49. The van der Waals surface area contributed by atoms with Gasteiger partial charge in [0.25, 0.3) is 5.91 Å². The number of carbonyl (C=O) groups excluding carboxylic acids is 2. The molecule has 1 heterocycles. The highest BCUT2D eigenvalue weighted by Gasteiger charge is 2.22. The lowest BCUT2D eigenvalue weighted by Crippen LogP contribution is -2.49. The van der Waals surface area contributed by atoms with Gasteiger partial charge in [0, 0.05) is 37.6 Å². The van der Waals surface area contributed by atoms with E-state index in [0.717, 1.165) is 17.7 Å². The van der Waals surface area contributed by atoms with Gasteiger partial charge in [0.1, 0.15) is 5.75 Å². The second-order valence-electron chi connectivity index (χ2n) is 7.10. The van der Waals surface area contributed by atoms with Crippen molar-refractivity contribution in [3.8, 4) is 5.75 Å². The summed E-state index contributed by atoms with van der Waals surface area (Å²) in [4.78, 5) is 28.5. The van der Waals surface area contributed by atoms with Gasteiger partial charge in [0.05, 0.1) is 18.9 Å². The number of nitrogens with one attached hydrogen (secondary N) is 1. The molecule has 2 aromatic rings. The molecule has 0 radical (unpaired) electrons. The lowest BCUT2D eigenvalue weighted by atomic mass is 10.2. The summed E-state index contributed by atoms with van der Waals surface area (Å²) in [5.41, 5.74) is 1.46. The Hall–Kier alpha value is -3.27. The summed E-state index contributed by atoms with van der Waals surface area (Å²) >= 11 is 0. The number of esters is 1. The van der Waals surface area contributed by atoms with Gasteiger partial charge in [-0.3, -0.25) is 9.52 Å². The molecule has 166 valence electrons. The standard InChI is InChI=1S/C21H25N3O6S/c1-29-19-8-6-18(7-9-19)23-10-12-24(13-11-23)20(25)15-30-21(26)16-4-3-5-17(14-16)22-31(2,27)28/h3-9,14,22H,10-13,15H2,1-2H3. The molecule has 1 aliphatic heterocycles. The van der Waals surface area contributed by atoms with Crippen molar-refractivity contribution >= 4 is 33.3 Å². The fourth-order valence-corrected chi connectivity index (χ4v) is 3.79. The number of anilines is 2. The van der Waals surface area contributed by atoms with Crippen LogP contribution in [0.15, 0.2) is 48.5 Å². The second-order valence-corrected chi connectivity index (χ2v) is 8.85. The van der Waals surface area contributed by atoms with Crippen molar-refractivity contribution in [2.45, 2.75) is 0 Å². The maximum Gasteiger partial charge on any atom is 0.338 e. The van der Waals surface area contributed by atoms with Gasteiger partial charge in [-0.15, -0.1) is 0 Å². The quantitative estimate of drug-likeness (QED) is 0.643. The Morgan fingerprint density at radius 1 is 1.03 bits per heavy atom. The number of benzene rings is 2. The van der Waals surface area contributed by atoms with Crippen LogP contribution in [0.3, 0.4) is 0 Å². The first kappa shape index (κ1) is 22.4. The van der Waals surface area contributed by atoms with E-state index >= 15 is 0 Å². The molecule has 3 rings (SSSR count). The minimum atomic E-state index is -3.46. The molecule has 2 aromatic carbocycles. The van der Waals surface area contributed by atoms with Crippen molar-refractivity contribution in [3.05, 3.63) is 54.1 Å². The van der Waals surface area contributed by atoms with E-state index < -0.39 is 16.0 Å². The summed E-state index contributed by atoms with van der Waals surface area (Å²) in [6.07, 6.45) is 1.02. The number of piperazine rings is 1. The summed E-state index contributed by atoms with van der Waals surface area (Å²) in [5.74, 6) is -0.174. The Morgan fingerprint density at radius 2 is 1.71 bits per heavy atom. The van der Waals surface area contributed by atoms with Crippen LogP contribution >= 0.6 is 0 Å². The van der Waals surface area contributed by atoms with Crippen molar-refractivity contribution in [2.24, 2.45) is 0 Å². The van der Waals surface area contributed by atoms with E-state index in [9.17, 15) is 18.0 Å². The largest absolute Gasteiger partial charge is 0.497 e. The maximum absolute atomic E-state index is 12.4. The highest BCUT2D eigenvalue weighted by atomic mass is 32.2. The van der Waals surface area contributed by atoms with Crippen molar-refractivity contribution in [1.29, 1.82) is 0 Å². The molecule has 0 bridgehead atoms. The maximum atomic E-state index is 12.4. The first-order valence-corrected chi connectivity index (χ1v) is 11.6. The van der Waals surface area contributed by atoms with Crippen LogP contribution in [0.25, 0.3) is 0 Å². The van der Waals surface area contributed by atoms with Crippen molar-refractivity contribution < 1.29 is 27.5 Å². The number of hydrogen-bond acceptors (Lipinski definition) is 7. The van der Waals surface area contributed by atoms with Crippen molar-refractivity contribution in [2.75, 3.05) is 55.8 Å². The molecule has 10 heteroatoms. The Bertz CT molecular complexity index is 1030. The number of nitrogens with zero attached hydrogens (tertiary/aromatic N) is 2. The molecule has 1 N–H and O–H groups in total. The molecule has 1 fully saturated rings. The second kappa shape index (κ2) is 9.69. The van der Waals surface area contributed by atoms with Crippen LogP contribution < -0.4 is 14.4 Å². The van der Waals surface area contributed by atoms with Gasteiger partial charge in [0.2, 0.25) is 10.0 Å². The molecular weight excluding hydrogens is 422 g/mol. The van der Waals surface area contributed by atoms with Crippen molar-refractivity contribution in [1.82, 2.24) is 4.90 Å². The third kappa shape index (κ3) is 6.35. The fraction of sp³-hybridized carbons (Fsp3) is 0.333. The number of rotatable bonds is 7. The van der Waals surface area contributed by atoms with Crippen LogP contribution in [0.4, 0.5) is 11.4 Å². The molecule has 31 heavy (non-hydrogen) atoms. The number of carbonyl (C=O) groups is 2. The molecule has 0 saturated carbocycles. The molecule has 1 aliphatic rings. The highest BCUT2D eigenvalue weighted by molar-refractivity contribution is 7.92. The Morgan fingerprint density at radius 3 is 2.32 bits per heavy atom. The number of amides is 1. The zero-order valence-corrected chi connectivity index (χ0v) is 18.2. The summed E-state index contributed by atoms with van der Waals surface area (Å²) in [6.45, 7) is 2.02. The molecule has 0 atom stereocenters. The van der Waals surface area contributed by atoms with E-state index in [-0.39, 0.29) is 23.8 Å². The summed E-state index contributed by atoms with van der Waals surface area (Å²) in [6, 6.07) is 13.7. The van der Waals surface area contributed by atoms with Gasteiger partial charge in [-0.1, -0.05) is 6.07 Å². The SMILES string of the molecule is COc1ccc(N2CCN(C(=O)COC(=O)c3cccc(NS(C)(=O)=O)c3)CC2)cc1. The van der Waals surface area contributed by atoms with Crippen LogP contribution in [0.1, 0.15) is 10.4 Å². The Kier molecular flexibility index (Phi) is 7.01. The number of ether oxygens (including phenoxy) is 2. The smallest absolute Gasteiger partial charge is 0.338 e. The van der Waals surface area contributed by atoms with Gasteiger partial charge in [-0.2, -0.15) is 0 Å². The van der Waals surface area contributed by atoms with Crippen LogP contribution in [-0.2, 0) is 19.6 Å². The molecular formula is C21H25N3O6S. The molecule has 0 unspecified atom stereocenters. The van der Waals surface area contributed by atoms with Gasteiger partial charge < -0.3 is 19.3 Å². The van der Waals surface area contributed by atoms with E-state index in [1.807, 2.05) is 24.3 Å². The first-order chi connectivity index (χ1) is 14.7. The molecule has 9 nitrogen and oxygen atoms in total. The van der Waals surface area contributed by atoms with Gasteiger partial charge in [-0.25, -0.2) is 13.2 Å². The normalized spacial score (nSPS) is 14.1. The van der Waals surface area contributed by atoms with Gasteiger partial charge >= 0.3 is 5.97 Å². The van der Waals surface area contributed by atoms with Gasteiger partial charge in [-0.05, 0) is 42.5 Å². The van der Waals surface area contributed by atoms with E-state index in [2.05, 4.69) is 9.62 Å². The van der Waals surface area contributed by atoms with Crippen LogP contribution in [0.5, 0.6) is 5.75 Å². The van der Waals surface area contributed by atoms with E-state index in [1.54, 1.807) is 12.0 Å². The third-order valence-electron chi connectivity index (χ3n) is 4.80.